The fraction of sp³-hybridized carbons (Fsp3) is 0.394. The van der Waals surface area contributed by atoms with Crippen molar-refractivity contribution in [2.24, 2.45) is 5.92 Å². The SMILES string of the molecule is CCC(C(=O)NCC(C)C)N(Cc1ccccc1Cl)C(=O)CN(c1cc(OC)ccc1OC)S(=O)(=O)c1ccc(OC)c(OC)c1. The second-order valence-corrected chi connectivity index (χ2v) is 13.0. The number of ether oxygens (including phenoxy) is 4. The first kappa shape index (κ1) is 36.3. The van der Waals surface area contributed by atoms with Crippen molar-refractivity contribution in [3.05, 3.63) is 71.2 Å². The Hall–Kier alpha value is -4.16. The number of anilines is 1. The van der Waals surface area contributed by atoms with E-state index in [1.807, 2.05) is 13.8 Å². The molecule has 0 aliphatic carbocycles. The first-order valence-electron chi connectivity index (χ1n) is 14.7. The summed E-state index contributed by atoms with van der Waals surface area (Å²) in [5.41, 5.74) is 0.654. The molecule has 0 aliphatic rings. The van der Waals surface area contributed by atoms with Crippen molar-refractivity contribution in [2.75, 3.05) is 45.8 Å². The first-order valence-corrected chi connectivity index (χ1v) is 16.5. The maximum absolute atomic E-state index is 14.5. The standard InChI is InChI=1S/C33H42ClN3O8S/c1-8-27(33(39)35-19-22(2)3)36(20-23-11-9-10-12-26(23)34)32(38)21-37(28-17-24(42-4)13-15-29(28)43-5)46(40,41)25-14-16-30(44-6)31(18-25)45-7/h9-18,22,27H,8,19-21H2,1-7H3,(H,35,39). The van der Waals surface area contributed by atoms with E-state index in [-0.39, 0.29) is 46.9 Å². The molecule has 13 heteroatoms. The van der Waals surface area contributed by atoms with Crippen LogP contribution >= 0.6 is 11.6 Å². The minimum atomic E-state index is -4.46. The van der Waals surface area contributed by atoms with Crippen molar-refractivity contribution in [1.29, 1.82) is 0 Å². The number of halogens is 1. The van der Waals surface area contributed by atoms with Crippen LogP contribution < -0.4 is 28.6 Å². The zero-order chi connectivity index (χ0) is 34.0. The van der Waals surface area contributed by atoms with Crippen molar-refractivity contribution in [3.63, 3.8) is 0 Å². The molecule has 1 atom stereocenters. The summed E-state index contributed by atoms with van der Waals surface area (Å²) < 4.78 is 51.4. The Morgan fingerprint density at radius 2 is 1.52 bits per heavy atom. The van der Waals surface area contributed by atoms with Crippen molar-refractivity contribution < 1.29 is 37.0 Å². The quantitative estimate of drug-likeness (QED) is 0.221. The summed E-state index contributed by atoms with van der Waals surface area (Å²) in [6.45, 7) is 5.41. The topological polar surface area (TPSA) is 124 Å². The Labute approximate surface area is 276 Å². The molecule has 0 aromatic heterocycles. The van der Waals surface area contributed by atoms with E-state index in [1.54, 1.807) is 43.3 Å². The maximum Gasteiger partial charge on any atom is 0.265 e. The number of sulfonamides is 1. The van der Waals surface area contributed by atoms with Gasteiger partial charge in [0.05, 0.1) is 39.0 Å². The van der Waals surface area contributed by atoms with E-state index in [2.05, 4.69) is 5.32 Å². The van der Waals surface area contributed by atoms with Gasteiger partial charge in [-0.25, -0.2) is 8.42 Å². The lowest BCUT2D eigenvalue weighted by atomic mass is 10.1. The van der Waals surface area contributed by atoms with Gasteiger partial charge < -0.3 is 29.2 Å². The number of carbonyl (C=O) groups is 2. The lowest BCUT2D eigenvalue weighted by Gasteiger charge is -2.34. The first-order chi connectivity index (χ1) is 21.9. The zero-order valence-corrected chi connectivity index (χ0v) is 28.8. The summed E-state index contributed by atoms with van der Waals surface area (Å²) in [5, 5.41) is 3.31. The highest BCUT2D eigenvalue weighted by molar-refractivity contribution is 7.92. The number of methoxy groups -OCH3 is 4. The summed E-state index contributed by atoms with van der Waals surface area (Å²) in [6.07, 6.45) is 0.269. The van der Waals surface area contributed by atoms with Gasteiger partial charge in [-0.15, -0.1) is 0 Å². The fourth-order valence-electron chi connectivity index (χ4n) is 4.76. The normalized spacial score (nSPS) is 11.8. The van der Waals surface area contributed by atoms with Gasteiger partial charge in [-0.2, -0.15) is 0 Å². The molecular formula is C33H42ClN3O8S. The van der Waals surface area contributed by atoms with E-state index in [1.165, 1.54) is 57.6 Å². The Morgan fingerprint density at radius 1 is 0.870 bits per heavy atom. The number of carbonyl (C=O) groups excluding carboxylic acids is 2. The summed E-state index contributed by atoms with van der Waals surface area (Å²) in [6, 6.07) is 14.8. The highest BCUT2D eigenvalue weighted by Crippen LogP contribution is 2.38. The number of nitrogens with one attached hydrogen (secondary N) is 1. The molecule has 3 aromatic rings. The highest BCUT2D eigenvalue weighted by Gasteiger charge is 2.35. The molecule has 0 aliphatic heterocycles. The van der Waals surface area contributed by atoms with Gasteiger partial charge in [0.1, 0.15) is 24.1 Å². The summed E-state index contributed by atoms with van der Waals surface area (Å²) in [5.74, 6) is 0.204. The molecule has 0 radical (unpaired) electrons. The smallest absolute Gasteiger partial charge is 0.265 e. The van der Waals surface area contributed by atoms with Crippen LogP contribution in [0.25, 0.3) is 0 Å². The van der Waals surface area contributed by atoms with Crippen LogP contribution in [0.1, 0.15) is 32.8 Å². The fourth-order valence-corrected chi connectivity index (χ4v) is 6.39. The number of hydrogen-bond donors (Lipinski definition) is 1. The molecule has 1 N–H and O–H groups in total. The van der Waals surface area contributed by atoms with Crippen LogP contribution in [0.2, 0.25) is 5.02 Å². The van der Waals surface area contributed by atoms with E-state index in [0.717, 1.165) is 4.31 Å². The van der Waals surface area contributed by atoms with Crippen LogP contribution in [-0.2, 0) is 26.2 Å². The number of nitrogens with zero attached hydrogens (tertiary/aromatic N) is 2. The minimum Gasteiger partial charge on any atom is -0.497 e. The molecule has 3 rings (SSSR count). The molecule has 250 valence electrons. The molecule has 0 bridgehead atoms. The minimum absolute atomic E-state index is 0.0361. The molecule has 2 amide bonds. The summed E-state index contributed by atoms with van der Waals surface area (Å²) in [7, 11) is 1.20. The molecule has 0 saturated carbocycles. The highest BCUT2D eigenvalue weighted by atomic mass is 35.5. The van der Waals surface area contributed by atoms with Crippen molar-refractivity contribution in [2.45, 2.75) is 44.7 Å². The van der Waals surface area contributed by atoms with E-state index < -0.39 is 28.5 Å². The Balaban J connectivity index is 2.20. The van der Waals surface area contributed by atoms with Gasteiger partial charge in [-0.05, 0) is 48.2 Å². The van der Waals surface area contributed by atoms with Crippen LogP contribution in [0.5, 0.6) is 23.0 Å². The third kappa shape index (κ3) is 8.55. The third-order valence-corrected chi connectivity index (χ3v) is 9.37. The second kappa shape index (κ2) is 16.4. The van der Waals surface area contributed by atoms with Crippen molar-refractivity contribution in [1.82, 2.24) is 10.2 Å². The number of amides is 2. The molecule has 0 saturated heterocycles. The Bertz CT molecular complexity index is 1620. The van der Waals surface area contributed by atoms with Crippen LogP contribution in [0.15, 0.2) is 65.6 Å². The average molecular weight is 676 g/mol. The average Bonchev–Trinajstić information content (AvgIpc) is 3.05. The Kier molecular flexibility index (Phi) is 13.0. The van der Waals surface area contributed by atoms with Gasteiger partial charge >= 0.3 is 0 Å². The van der Waals surface area contributed by atoms with Crippen LogP contribution in [-0.4, -0.2) is 72.7 Å². The molecule has 0 fully saturated rings. The predicted octanol–water partition coefficient (Wildman–Crippen LogP) is 5.15. The van der Waals surface area contributed by atoms with Crippen LogP contribution in [0.3, 0.4) is 0 Å². The van der Waals surface area contributed by atoms with Crippen molar-refractivity contribution >= 4 is 39.1 Å². The largest absolute Gasteiger partial charge is 0.497 e. The molecule has 0 heterocycles. The second-order valence-electron chi connectivity index (χ2n) is 10.7. The van der Waals surface area contributed by atoms with E-state index in [0.29, 0.717) is 28.6 Å². The lowest BCUT2D eigenvalue weighted by molar-refractivity contribution is -0.140. The number of rotatable bonds is 16. The van der Waals surface area contributed by atoms with Crippen LogP contribution in [0, 0.1) is 5.92 Å². The molecule has 3 aromatic carbocycles. The van der Waals surface area contributed by atoms with Gasteiger partial charge in [-0.1, -0.05) is 50.6 Å². The predicted molar refractivity (Wildman–Crippen MR) is 178 cm³/mol. The monoisotopic (exact) mass is 675 g/mol. The van der Waals surface area contributed by atoms with Gasteiger partial charge in [0, 0.05) is 30.2 Å². The molecule has 11 nitrogen and oxygen atoms in total. The van der Waals surface area contributed by atoms with E-state index in [9.17, 15) is 18.0 Å². The molecule has 1 unspecified atom stereocenters. The molecule has 0 spiro atoms. The van der Waals surface area contributed by atoms with Gasteiger partial charge in [0.2, 0.25) is 11.8 Å². The van der Waals surface area contributed by atoms with E-state index >= 15 is 0 Å². The lowest BCUT2D eigenvalue weighted by Crippen LogP contribution is -2.52. The van der Waals surface area contributed by atoms with Crippen molar-refractivity contribution in [3.8, 4) is 23.0 Å². The van der Waals surface area contributed by atoms with Crippen LogP contribution in [0.4, 0.5) is 5.69 Å². The molecular weight excluding hydrogens is 634 g/mol. The number of hydrogen-bond acceptors (Lipinski definition) is 8. The summed E-state index contributed by atoms with van der Waals surface area (Å²) in [4.78, 5) is 29.1. The van der Waals surface area contributed by atoms with Gasteiger partial charge in [0.25, 0.3) is 10.0 Å². The summed E-state index contributed by atoms with van der Waals surface area (Å²) >= 11 is 6.49. The van der Waals surface area contributed by atoms with Gasteiger partial charge in [0.15, 0.2) is 11.5 Å². The maximum atomic E-state index is 14.5. The van der Waals surface area contributed by atoms with E-state index in [4.69, 9.17) is 30.5 Å². The number of benzene rings is 3. The Morgan fingerprint density at radius 3 is 2.11 bits per heavy atom. The third-order valence-electron chi connectivity index (χ3n) is 7.25. The molecule has 46 heavy (non-hydrogen) atoms. The zero-order valence-electron chi connectivity index (χ0n) is 27.2. The van der Waals surface area contributed by atoms with Gasteiger partial charge in [-0.3, -0.25) is 13.9 Å².